The van der Waals surface area contributed by atoms with Crippen molar-refractivity contribution in [2.45, 2.75) is 0 Å². The smallest absolute Gasteiger partial charge is 0.157 e. The lowest BCUT2D eigenvalue weighted by molar-refractivity contribution is 1.24. The molecule has 0 saturated carbocycles. The third-order valence-electron chi connectivity index (χ3n) is 2.41. The summed E-state index contributed by atoms with van der Waals surface area (Å²) in [5.74, 6) is 0.707. The molecule has 2 heterocycles. The monoisotopic (exact) mass is 263 g/mol. The van der Waals surface area contributed by atoms with E-state index in [2.05, 4.69) is 15.0 Å². The van der Waals surface area contributed by atoms with Gasteiger partial charge < -0.3 is 4.98 Å². The fourth-order valence-corrected chi connectivity index (χ4v) is 1.90. The Morgan fingerprint density at radius 1 is 1.00 bits per heavy atom. The van der Waals surface area contributed by atoms with Crippen molar-refractivity contribution in [1.29, 1.82) is 0 Å². The van der Waals surface area contributed by atoms with Crippen LogP contribution in [0.4, 0.5) is 0 Å². The van der Waals surface area contributed by atoms with E-state index in [1.807, 2.05) is 24.3 Å². The zero-order valence-electron chi connectivity index (χ0n) is 8.61. The van der Waals surface area contributed by atoms with Crippen LogP contribution in [0.15, 0.2) is 36.5 Å². The summed E-state index contributed by atoms with van der Waals surface area (Å²) in [6.07, 6.45) is 1.59. The highest BCUT2D eigenvalue weighted by Crippen LogP contribution is 2.22. The summed E-state index contributed by atoms with van der Waals surface area (Å²) in [6.45, 7) is 0. The van der Waals surface area contributed by atoms with Gasteiger partial charge in [-0.05, 0) is 30.3 Å². The largest absolute Gasteiger partial charge is 0.337 e. The Kier molecular flexibility index (Phi) is 2.50. The molecule has 0 aliphatic heterocycles. The Bertz CT molecular complexity index is 674. The van der Waals surface area contributed by atoms with E-state index in [0.29, 0.717) is 15.9 Å². The Hall–Kier alpha value is -1.58. The summed E-state index contributed by atoms with van der Waals surface area (Å²) in [6, 6.07) is 9.12. The van der Waals surface area contributed by atoms with Gasteiger partial charge in [0.15, 0.2) is 5.82 Å². The number of hydrogen-bond acceptors (Lipinski definition) is 2. The first-order valence-corrected chi connectivity index (χ1v) is 5.75. The molecule has 3 rings (SSSR count). The number of nitrogens with zero attached hydrogens (tertiary/aromatic N) is 2. The highest BCUT2D eigenvalue weighted by Gasteiger charge is 2.06. The van der Waals surface area contributed by atoms with Crippen molar-refractivity contribution >= 4 is 34.2 Å². The van der Waals surface area contributed by atoms with Crippen LogP contribution in [0.3, 0.4) is 0 Å². The second kappa shape index (κ2) is 4.02. The molecule has 0 bridgehead atoms. The molecule has 0 aliphatic rings. The van der Waals surface area contributed by atoms with Crippen LogP contribution in [0, 0.1) is 0 Å². The van der Waals surface area contributed by atoms with E-state index in [4.69, 9.17) is 23.2 Å². The summed E-state index contributed by atoms with van der Waals surface area (Å²) in [5, 5.41) is 1.28. The predicted octanol–water partition coefficient (Wildman–Crippen LogP) is 3.93. The van der Waals surface area contributed by atoms with E-state index in [1.54, 1.807) is 12.3 Å². The first-order chi connectivity index (χ1) is 8.22. The van der Waals surface area contributed by atoms with Crippen LogP contribution < -0.4 is 0 Å². The molecule has 1 N–H and O–H groups in total. The number of rotatable bonds is 1. The van der Waals surface area contributed by atoms with E-state index in [-0.39, 0.29) is 0 Å². The Labute approximate surface area is 107 Å². The van der Waals surface area contributed by atoms with Crippen LogP contribution in [0.5, 0.6) is 0 Å². The molecule has 84 valence electrons. The average Bonchev–Trinajstić information content (AvgIpc) is 2.72. The van der Waals surface area contributed by atoms with Gasteiger partial charge >= 0.3 is 0 Å². The normalized spacial score (nSPS) is 10.9. The topological polar surface area (TPSA) is 41.6 Å². The third kappa shape index (κ3) is 1.99. The molecule has 0 aliphatic carbocycles. The molecule has 0 amide bonds. The van der Waals surface area contributed by atoms with Crippen LogP contribution in [0.25, 0.3) is 22.6 Å². The van der Waals surface area contributed by atoms with Gasteiger partial charge in [0.1, 0.15) is 5.69 Å². The van der Waals surface area contributed by atoms with E-state index >= 15 is 0 Å². The summed E-state index contributed by atoms with van der Waals surface area (Å²) >= 11 is 11.7. The van der Waals surface area contributed by atoms with Gasteiger partial charge in [-0.15, -0.1) is 0 Å². The van der Waals surface area contributed by atoms with Crippen molar-refractivity contribution in [3.63, 3.8) is 0 Å². The Morgan fingerprint density at radius 3 is 2.59 bits per heavy atom. The van der Waals surface area contributed by atoms with Crippen molar-refractivity contribution in [3.8, 4) is 11.5 Å². The maximum atomic E-state index is 5.91. The lowest BCUT2D eigenvalue weighted by Crippen LogP contribution is -1.84. The van der Waals surface area contributed by atoms with E-state index in [1.165, 1.54) is 0 Å². The molecule has 3 aromatic rings. The van der Waals surface area contributed by atoms with Crippen LogP contribution in [-0.2, 0) is 0 Å². The number of fused-ring (bicyclic) bond motifs is 1. The zero-order valence-corrected chi connectivity index (χ0v) is 10.1. The molecular formula is C12H7Cl2N3. The summed E-state index contributed by atoms with van der Waals surface area (Å²) in [7, 11) is 0. The Morgan fingerprint density at radius 2 is 1.82 bits per heavy atom. The van der Waals surface area contributed by atoms with E-state index < -0.39 is 0 Å². The maximum Gasteiger partial charge on any atom is 0.157 e. The minimum atomic E-state index is 0.605. The standard InChI is InChI=1S/C12H7Cl2N3/c13-7-1-3-9-11(5-7)17-12(16-9)10-4-2-8(14)6-15-10/h1-6H,(H,16,17). The number of H-pyrrole nitrogens is 1. The number of aromatic amines is 1. The third-order valence-corrected chi connectivity index (χ3v) is 2.87. The fourth-order valence-electron chi connectivity index (χ4n) is 1.62. The summed E-state index contributed by atoms with van der Waals surface area (Å²) in [4.78, 5) is 11.8. The molecule has 17 heavy (non-hydrogen) atoms. The molecule has 0 spiro atoms. The molecule has 5 heteroatoms. The number of halogens is 2. The van der Waals surface area contributed by atoms with Gasteiger partial charge in [0, 0.05) is 11.2 Å². The fraction of sp³-hybridized carbons (Fsp3) is 0. The number of imidazole rings is 1. The average molecular weight is 264 g/mol. The highest BCUT2D eigenvalue weighted by molar-refractivity contribution is 6.31. The van der Waals surface area contributed by atoms with Crippen LogP contribution >= 0.6 is 23.2 Å². The van der Waals surface area contributed by atoms with Gasteiger partial charge in [-0.2, -0.15) is 0 Å². The first-order valence-electron chi connectivity index (χ1n) is 4.99. The molecule has 0 atom stereocenters. The minimum Gasteiger partial charge on any atom is -0.337 e. The van der Waals surface area contributed by atoms with Gasteiger partial charge in [-0.25, -0.2) is 4.98 Å². The van der Waals surface area contributed by atoms with Gasteiger partial charge in [-0.1, -0.05) is 23.2 Å². The molecular weight excluding hydrogens is 257 g/mol. The van der Waals surface area contributed by atoms with E-state index in [0.717, 1.165) is 16.7 Å². The van der Waals surface area contributed by atoms with Gasteiger partial charge in [0.2, 0.25) is 0 Å². The second-order valence-electron chi connectivity index (χ2n) is 3.61. The molecule has 0 radical (unpaired) electrons. The van der Waals surface area contributed by atoms with Crippen LogP contribution in [-0.4, -0.2) is 15.0 Å². The summed E-state index contributed by atoms with van der Waals surface area (Å²) < 4.78 is 0. The van der Waals surface area contributed by atoms with Crippen LogP contribution in [0.1, 0.15) is 0 Å². The molecule has 2 aromatic heterocycles. The number of nitrogens with one attached hydrogen (secondary N) is 1. The summed E-state index contributed by atoms with van der Waals surface area (Å²) in [5.41, 5.74) is 2.51. The second-order valence-corrected chi connectivity index (χ2v) is 4.48. The van der Waals surface area contributed by atoms with E-state index in [9.17, 15) is 0 Å². The van der Waals surface area contributed by atoms with Crippen LogP contribution in [0.2, 0.25) is 10.0 Å². The predicted molar refractivity (Wildman–Crippen MR) is 69.3 cm³/mol. The molecule has 1 aromatic carbocycles. The lowest BCUT2D eigenvalue weighted by atomic mass is 10.3. The Balaban J connectivity index is 2.14. The molecule has 0 unspecified atom stereocenters. The molecule has 3 nitrogen and oxygen atoms in total. The van der Waals surface area contributed by atoms with Gasteiger partial charge in [0.05, 0.1) is 16.1 Å². The number of benzene rings is 1. The van der Waals surface area contributed by atoms with Gasteiger partial charge in [0.25, 0.3) is 0 Å². The van der Waals surface area contributed by atoms with Crippen molar-refractivity contribution < 1.29 is 0 Å². The van der Waals surface area contributed by atoms with Crippen molar-refractivity contribution in [2.75, 3.05) is 0 Å². The number of hydrogen-bond donors (Lipinski definition) is 1. The zero-order chi connectivity index (χ0) is 11.8. The minimum absolute atomic E-state index is 0.605. The van der Waals surface area contributed by atoms with Crippen molar-refractivity contribution in [1.82, 2.24) is 15.0 Å². The first kappa shape index (κ1) is 10.6. The molecule has 0 saturated heterocycles. The maximum absolute atomic E-state index is 5.91. The number of aromatic nitrogens is 3. The number of pyridine rings is 1. The lowest BCUT2D eigenvalue weighted by Gasteiger charge is -1.94. The molecule has 0 fully saturated rings. The van der Waals surface area contributed by atoms with Gasteiger partial charge in [-0.3, -0.25) is 4.98 Å². The van der Waals surface area contributed by atoms with Crippen molar-refractivity contribution in [2.24, 2.45) is 0 Å². The highest BCUT2D eigenvalue weighted by atomic mass is 35.5. The SMILES string of the molecule is Clc1ccc(-c2nc3ccc(Cl)cc3[nH]2)nc1. The van der Waals surface area contributed by atoms with Crippen molar-refractivity contribution in [3.05, 3.63) is 46.6 Å². The quantitative estimate of drug-likeness (QED) is 0.723.